The van der Waals surface area contributed by atoms with Gasteiger partial charge in [-0.3, -0.25) is 9.80 Å². The van der Waals surface area contributed by atoms with E-state index in [1.54, 1.807) is 0 Å². The van der Waals surface area contributed by atoms with E-state index in [1.807, 2.05) is 11.8 Å². The van der Waals surface area contributed by atoms with Crippen molar-refractivity contribution in [3.05, 3.63) is 0 Å². The van der Waals surface area contributed by atoms with Gasteiger partial charge in [-0.2, -0.15) is 11.8 Å². The summed E-state index contributed by atoms with van der Waals surface area (Å²) in [5.41, 5.74) is 0. The van der Waals surface area contributed by atoms with Gasteiger partial charge in [0.15, 0.2) is 0 Å². The Morgan fingerprint density at radius 2 is 1.94 bits per heavy atom. The Balaban J connectivity index is 1.60. The second-order valence-electron chi connectivity index (χ2n) is 6.04. The number of fused-ring (bicyclic) bond motifs is 1. The molecule has 2 aliphatic rings. The summed E-state index contributed by atoms with van der Waals surface area (Å²) in [7, 11) is 0. The molecule has 0 saturated carbocycles. The van der Waals surface area contributed by atoms with Crippen LogP contribution in [0.5, 0.6) is 0 Å². The third kappa shape index (κ3) is 4.14. The lowest BCUT2D eigenvalue weighted by molar-refractivity contribution is 0.0583. The van der Waals surface area contributed by atoms with Gasteiger partial charge in [0.25, 0.3) is 0 Å². The molecule has 0 aromatic carbocycles. The number of hydrogen-bond acceptors (Lipinski definition) is 3. The summed E-state index contributed by atoms with van der Waals surface area (Å²) in [6.07, 6.45) is 10.8. The first-order valence-electron chi connectivity index (χ1n) is 7.78. The van der Waals surface area contributed by atoms with Crippen LogP contribution in [0.4, 0.5) is 0 Å². The molecular formula is C15H30N2S. The smallest absolute Gasteiger partial charge is 0.0224 e. The molecule has 0 aliphatic carbocycles. The van der Waals surface area contributed by atoms with Crippen molar-refractivity contribution in [2.75, 3.05) is 38.2 Å². The SMILES string of the molecule is CSCCCCCCN1CC2CCCN2CC1C. The highest BCUT2D eigenvalue weighted by Gasteiger charge is 2.33. The van der Waals surface area contributed by atoms with Gasteiger partial charge in [0.2, 0.25) is 0 Å². The van der Waals surface area contributed by atoms with Crippen LogP contribution >= 0.6 is 11.8 Å². The highest BCUT2D eigenvalue weighted by Crippen LogP contribution is 2.24. The summed E-state index contributed by atoms with van der Waals surface area (Å²) in [4.78, 5) is 5.47. The van der Waals surface area contributed by atoms with E-state index in [4.69, 9.17) is 0 Å². The van der Waals surface area contributed by atoms with E-state index in [2.05, 4.69) is 23.0 Å². The molecule has 2 aliphatic heterocycles. The van der Waals surface area contributed by atoms with Crippen LogP contribution in [0.15, 0.2) is 0 Å². The van der Waals surface area contributed by atoms with Gasteiger partial charge in [-0.1, -0.05) is 12.8 Å². The quantitative estimate of drug-likeness (QED) is 0.657. The lowest BCUT2D eigenvalue weighted by atomic mass is 10.1. The summed E-state index contributed by atoms with van der Waals surface area (Å²) >= 11 is 1.98. The van der Waals surface area contributed by atoms with Crippen LogP contribution in [0.25, 0.3) is 0 Å². The third-order valence-electron chi connectivity index (χ3n) is 4.61. The average molecular weight is 270 g/mol. The Bertz CT molecular complexity index is 235. The zero-order valence-electron chi connectivity index (χ0n) is 12.2. The van der Waals surface area contributed by atoms with Crippen LogP contribution in [-0.4, -0.2) is 60.1 Å². The molecule has 0 aromatic rings. The zero-order valence-corrected chi connectivity index (χ0v) is 13.1. The molecule has 2 saturated heterocycles. The zero-order chi connectivity index (χ0) is 12.8. The predicted molar refractivity (Wildman–Crippen MR) is 82.5 cm³/mol. The Morgan fingerprint density at radius 1 is 1.11 bits per heavy atom. The summed E-state index contributed by atoms with van der Waals surface area (Å²) < 4.78 is 0. The maximum absolute atomic E-state index is 2.75. The molecule has 0 radical (unpaired) electrons. The van der Waals surface area contributed by atoms with Crippen molar-refractivity contribution >= 4 is 11.8 Å². The molecule has 0 spiro atoms. The third-order valence-corrected chi connectivity index (χ3v) is 5.31. The van der Waals surface area contributed by atoms with Crippen molar-refractivity contribution in [1.82, 2.24) is 9.80 Å². The van der Waals surface area contributed by atoms with E-state index in [0.29, 0.717) is 0 Å². The van der Waals surface area contributed by atoms with Crippen LogP contribution in [0.3, 0.4) is 0 Å². The van der Waals surface area contributed by atoms with E-state index >= 15 is 0 Å². The fourth-order valence-corrected chi connectivity index (χ4v) is 3.97. The normalized spacial score (nSPS) is 29.7. The van der Waals surface area contributed by atoms with Gasteiger partial charge >= 0.3 is 0 Å². The van der Waals surface area contributed by atoms with Crippen molar-refractivity contribution in [3.63, 3.8) is 0 Å². The molecule has 2 nitrogen and oxygen atoms in total. The minimum absolute atomic E-state index is 0.783. The summed E-state index contributed by atoms with van der Waals surface area (Å²) in [5.74, 6) is 1.34. The van der Waals surface area contributed by atoms with E-state index in [1.165, 1.54) is 70.5 Å². The molecule has 0 N–H and O–H groups in total. The maximum Gasteiger partial charge on any atom is 0.0224 e. The number of unbranched alkanes of at least 4 members (excludes halogenated alkanes) is 3. The maximum atomic E-state index is 2.75. The summed E-state index contributed by atoms with van der Waals surface area (Å²) in [6.45, 7) is 7.77. The summed E-state index contributed by atoms with van der Waals surface area (Å²) in [5, 5.41) is 0. The lowest BCUT2D eigenvalue weighted by Gasteiger charge is -2.42. The van der Waals surface area contributed by atoms with Gasteiger partial charge in [-0.15, -0.1) is 0 Å². The Kier molecular flexibility index (Phi) is 6.33. The molecule has 2 rings (SSSR count). The molecule has 0 aromatic heterocycles. The van der Waals surface area contributed by atoms with E-state index in [0.717, 1.165) is 12.1 Å². The van der Waals surface area contributed by atoms with Gasteiger partial charge in [0.05, 0.1) is 0 Å². The molecule has 0 bridgehead atoms. The Morgan fingerprint density at radius 3 is 2.78 bits per heavy atom. The van der Waals surface area contributed by atoms with Crippen LogP contribution < -0.4 is 0 Å². The lowest BCUT2D eigenvalue weighted by Crippen LogP contribution is -2.54. The highest BCUT2D eigenvalue weighted by molar-refractivity contribution is 7.98. The van der Waals surface area contributed by atoms with Crippen LogP contribution in [-0.2, 0) is 0 Å². The van der Waals surface area contributed by atoms with Gasteiger partial charge in [-0.25, -0.2) is 0 Å². The Labute approximate surface area is 117 Å². The largest absolute Gasteiger partial charge is 0.298 e. The minimum atomic E-state index is 0.783. The van der Waals surface area contributed by atoms with Gasteiger partial charge in [0, 0.05) is 25.2 Å². The first-order valence-corrected chi connectivity index (χ1v) is 9.17. The number of thioether (sulfide) groups is 1. The van der Waals surface area contributed by atoms with Gasteiger partial charge < -0.3 is 0 Å². The molecule has 0 amide bonds. The van der Waals surface area contributed by atoms with Crippen molar-refractivity contribution in [2.45, 2.75) is 57.5 Å². The average Bonchev–Trinajstić information content (AvgIpc) is 2.80. The predicted octanol–water partition coefficient (Wildman–Crippen LogP) is 3.08. The Hall–Kier alpha value is 0.270. The van der Waals surface area contributed by atoms with Crippen molar-refractivity contribution in [3.8, 4) is 0 Å². The molecule has 2 heterocycles. The van der Waals surface area contributed by atoms with Gasteiger partial charge in [0.1, 0.15) is 0 Å². The van der Waals surface area contributed by atoms with Gasteiger partial charge in [-0.05, 0) is 57.7 Å². The molecule has 2 fully saturated rings. The first-order chi connectivity index (χ1) is 8.81. The summed E-state index contributed by atoms with van der Waals surface area (Å²) in [6, 6.07) is 1.67. The van der Waals surface area contributed by atoms with Crippen LogP contribution in [0, 0.1) is 0 Å². The van der Waals surface area contributed by atoms with E-state index in [9.17, 15) is 0 Å². The molecule has 18 heavy (non-hydrogen) atoms. The standard InChI is InChI=1S/C15H30N2S/c1-14-12-17-10-7-8-15(17)13-16(14)9-5-3-4-6-11-18-2/h14-15H,3-13H2,1-2H3. The molecule has 106 valence electrons. The van der Waals surface area contributed by atoms with E-state index < -0.39 is 0 Å². The van der Waals surface area contributed by atoms with Crippen molar-refractivity contribution in [2.24, 2.45) is 0 Å². The number of piperazine rings is 1. The molecule has 2 unspecified atom stereocenters. The van der Waals surface area contributed by atoms with Crippen LogP contribution in [0.1, 0.15) is 45.4 Å². The highest BCUT2D eigenvalue weighted by atomic mass is 32.2. The fourth-order valence-electron chi connectivity index (χ4n) is 3.47. The van der Waals surface area contributed by atoms with Crippen molar-refractivity contribution < 1.29 is 0 Å². The number of nitrogens with zero attached hydrogens (tertiary/aromatic N) is 2. The second-order valence-corrected chi connectivity index (χ2v) is 7.03. The second kappa shape index (κ2) is 7.76. The fraction of sp³-hybridized carbons (Fsp3) is 1.00. The van der Waals surface area contributed by atoms with E-state index in [-0.39, 0.29) is 0 Å². The molecular weight excluding hydrogens is 240 g/mol. The van der Waals surface area contributed by atoms with Crippen molar-refractivity contribution in [1.29, 1.82) is 0 Å². The number of hydrogen-bond donors (Lipinski definition) is 0. The monoisotopic (exact) mass is 270 g/mol. The first kappa shape index (κ1) is 14.7. The molecule has 2 atom stereocenters. The molecule has 3 heteroatoms. The topological polar surface area (TPSA) is 6.48 Å². The minimum Gasteiger partial charge on any atom is -0.298 e. The number of rotatable bonds is 7. The van der Waals surface area contributed by atoms with Crippen LogP contribution in [0.2, 0.25) is 0 Å².